The summed E-state index contributed by atoms with van der Waals surface area (Å²) in [4.78, 5) is 1.09. The van der Waals surface area contributed by atoms with Gasteiger partial charge in [-0.25, -0.2) is 0 Å². The molecule has 1 aromatic carbocycles. The van der Waals surface area contributed by atoms with Crippen molar-refractivity contribution in [1.29, 1.82) is 0 Å². The third-order valence-corrected chi connectivity index (χ3v) is 5.45. The van der Waals surface area contributed by atoms with E-state index in [1.807, 2.05) is 12.1 Å². The van der Waals surface area contributed by atoms with E-state index in [2.05, 4.69) is 50.9 Å². The van der Waals surface area contributed by atoms with E-state index in [4.69, 9.17) is 22.1 Å². The molecule has 1 unspecified atom stereocenters. The van der Waals surface area contributed by atoms with Gasteiger partial charge in [-0.15, -0.1) is 11.3 Å². The Labute approximate surface area is 150 Å². The topological polar surface area (TPSA) is 35.2 Å². The lowest BCUT2D eigenvalue weighted by atomic mass is 10.0. The Morgan fingerprint density at radius 3 is 2.48 bits per heavy atom. The summed E-state index contributed by atoms with van der Waals surface area (Å²) in [5.41, 5.74) is 7.20. The summed E-state index contributed by atoms with van der Waals surface area (Å²) in [5, 5.41) is 0. The number of thiophene rings is 1. The van der Waals surface area contributed by atoms with Crippen molar-refractivity contribution in [3.63, 3.8) is 0 Å². The molecule has 2 nitrogen and oxygen atoms in total. The highest BCUT2D eigenvalue weighted by molar-refractivity contribution is 9.11. The molecule has 0 bridgehead atoms. The molecule has 114 valence electrons. The van der Waals surface area contributed by atoms with Gasteiger partial charge in [0.15, 0.2) is 0 Å². The van der Waals surface area contributed by atoms with Crippen molar-refractivity contribution >= 4 is 54.8 Å². The Bertz CT molecular complexity index is 594. The quantitative estimate of drug-likeness (QED) is 0.601. The average Bonchev–Trinajstić information content (AvgIpc) is 2.83. The Kier molecular flexibility index (Phi) is 6.56. The second kappa shape index (κ2) is 7.97. The molecule has 2 N–H and O–H groups in total. The molecule has 1 atom stereocenters. The van der Waals surface area contributed by atoms with Crippen molar-refractivity contribution in [3.8, 4) is 5.75 Å². The summed E-state index contributed by atoms with van der Waals surface area (Å²) in [6, 6.07) is 8.17. The summed E-state index contributed by atoms with van der Waals surface area (Å²) >= 11 is 14.6. The fraction of sp³-hybridized carbons (Fsp3) is 0.333. The molecule has 0 fully saturated rings. The predicted octanol–water partition coefficient (Wildman–Crippen LogP) is 5.79. The van der Waals surface area contributed by atoms with Crippen molar-refractivity contribution in [1.82, 2.24) is 0 Å². The van der Waals surface area contributed by atoms with Gasteiger partial charge in [0.1, 0.15) is 12.4 Å². The zero-order valence-corrected chi connectivity index (χ0v) is 16.3. The van der Waals surface area contributed by atoms with Crippen LogP contribution in [0.15, 0.2) is 33.2 Å². The van der Waals surface area contributed by atoms with Crippen molar-refractivity contribution < 1.29 is 4.74 Å². The second-order valence-electron chi connectivity index (χ2n) is 4.76. The monoisotopic (exact) mass is 451 g/mol. The Balaban J connectivity index is 2.09. The SMILES string of the molecule is CCC(N)Cc1cc(Br)c(OCc2ccc(Cl)s2)c(Br)c1. The van der Waals surface area contributed by atoms with E-state index in [9.17, 15) is 0 Å². The lowest BCUT2D eigenvalue weighted by Crippen LogP contribution is -2.21. The van der Waals surface area contributed by atoms with Gasteiger partial charge >= 0.3 is 0 Å². The predicted molar refractivity (Wildman–Crippen MR) is 97.5 cm³/mol. The smallest absolute Gasteiger partial charge is 0.148 e. The normalized spacial score (nSPS) is 12.4. The van der Waals surface area contributed by atoms with Crippen molar-refractivity contribution in [2.75, 3.05) is 0 Å². The van der Waals surface area contributed by atoms with Gasteiger partial charge in [0.2, 0.25) is 0 Å². The first-order valence-electron chi connectivity index (χ1n) is 6.60. The summed E-state index contributed by atoms with van der Waals surface area (Å²) in [7, 11) is 0. The highest BCUT2D eigenvalue weighted by Gasteiger charge is 2.11. The largest absolute Gasteiger partial charge is 0.486 e. The van der Waals surface area contributed by atoms with Crippen LogP contribution >= 0.6 is 54.8 Å². The first-order chi connectivity index (χ1) is 9.99. The molecule has 0 saturated heterocycles. The highest BCUT2D eigenvalue weighted by Crippen LogP contribution is 2.36. The lowest BCUT2D eigenvalue weighted by Gasteiger charge is -2.14. The van der Waals surface area contributed by atoms with E-state index in [0.717, 1.165) is 36.8 Å². The van der Waals surface area contributed by atoms with Crippen molar-refractivity contribution in [2.24, 2.45) is 5.73 Å². The molecule has 6 heteroatoms. The minimum atomic E-state index is 0.184. The van der Waals surface area contributed by atoms with Gasteiger partial charge < -0.3 is 10.5 Å². The van der Waals surface area contributed by atoms with Gasteiger partial charge in [-0.3, -0.25) is 0 Å². The molecule has 2 aromatic rings. The second-order valence-corrected chi connectivity index (χ2v) is 8.26. The summed E-state index contributed by atoms with van der Waals surface area (Å²) < 4.78 is 8.51. The Hall–Kier alpha value is -0.0700. The molecule has 0 aliphatic heterocycles. The number of benzene rings is 1. The van der Waals surface area contributed by atoms with Crippen LogP contribution in [0, 0.1) is 0 Å². The molecule has 0 saturated carbocycles. The maximum atomic E-state index is 6.01. The molecule has 21 heavy (non-hydrogen) atoms. The molecule has 0 aliphatic rings. The van der Waals surface area contributed by atoms with Gasteiger partial charge in [-0.1, -0.05) is 18.5 Å². The molecule has 1 heterocycles. The first-order valence-corrected chi connectivity index (χ1v) is 9.38. The van der Waals surface area contributed by atoms with E-state index in [1.54, 1.807) is 0 Å². The van der Waals surface area contributed by atoms with Gasteiger partial charge in [0, 0.05) is 10.9 Å². The molecule has 1 aromatic heterocycles. The third kappa shape index (κ3) is 4.96. The van der Waals surface area contributed by atoms with Gasteiger partial charge in [-0.05, 0) is 74.5 Å². The summed E-state index contributed by atoms with van der Waals surface area (Å²) in [6.45, 7) is 2.60. The van der Waals surface area contributed by atoms with Crippen LogP contribution < -0.4 is 10.5 Å². The molecule has 0 aliphatic carbocycles. The molecule has 0 spiro atoms. The fourth-order valence-electron chi connectivity index (χ4n) is 1.89. The van der Waals surface area contributed by atoms with Gasteiger partial charge in [0.25, 0.3) is 0 Å². The maximum absolute atomic E-state index is 6.01. The van der Waals surface area contributed by atoms with Crippen LogP contribution in [0.2, 0.25) is 4.34 Å². The standard InChI is InChI=1S/C15H16Br2ClNOS/c1-2-10(19)5-9-6-12(16)15(13(17)7-9)20-8-11-3-4-14(18)21-11/h3-4,6-7,10H,2,5,8,19H2,1H3. The minimum absolute atomic E-state index is 0.184. The summed E-state index contributed by atoms with van der Waals surface area (Å²) in [5.74, 6) is 0.799. The number of rotatable bonds is 6. The maximum Gasteiger partial charge on any atom is 0.148 e. The van der Waals surface area contributed by atoms with Crippen LogP contribution in [-0.4, -0.2) is 6.04 Å². The number of nitrogens with two attached hydrogens (primary N) is 1. The van der Waals surface area contributed by atoms with Crippen LogP contribution in [-0.2, 0) is 13.0 Å². The minimum Gasteiger partial charge on any atom is -0.486 e. The van der Waals surface area contributed by atoms with E-state index < -0.39 is 0 Å². The third-order valence-electron chi connectivity index (χ3n) is 3.07. The first kappa shape index (κ1) is 17.3. The molecular formula is C15H16Br2ClNOS. The number of hydrogen-bond donors (Lipinski definition) is 1. The number of ether oxygens (including phenoxy) is 1. The Morgan fingerprint density at radius 2 is 1.95 bits per heavy atom. The lowest BCUT2D eigenvalue weighted by molar-refractivity contribution is 0.305. The van der Waals surface area contributed by atoms with E-state index in [1.165, 1.54) is 16.9 Å². The zero-order valence-electron chi connectivity index (χ0n) is 11.5. The molecule has 2 rings (SSSR count). The van der Waals surface area contributed by atoms with Crippen LogP contribution in [0.1, 0.15) is 23.8 Å². The van der Waals surface area contributed by atoms with Crippen molar-refractivity contribution in [2.45, 2.75) is 32.4 Å². The molecular weight excluding hydrogens is 437 g/mol. The van der Waals surface area contributed by atoms with Crippen LogP contribution in [0.3, 0.4) is 0 Å². The number of hydrogen-bond acceptors (Lipinski definition) is 3. The molecule has 0 amide bonds. The van der Waals surface area contributed by atoms with Crippen LogP contribution in [0.4, 0.5) is 0 Å². The Morgan fingerprint density at radius 1 is 1.29 bits per heavy atom. The summed E-state index contributed by atoms with van der Waals surface area (Å²) in [6.07, 6.45) is 1.82. The average molecular weight is 454 g/mol. The fourth-order valence-corrected chi connectivity index (χ4v) is 4.40. The zero-order chi connectivity index (χ0) is 15.4. The number of halogens is 3. The van der Waals surface area contributed by atoms with Crippen molar-refractivity contribution in [3.05, 3.63) is 48.0 Å². The van der Waals surface area contributed by atoms with Gasteiger partial charge in [0.05, 0.1) is 13.3 Å². The van der Waals surface area contributed by atoms with Crippen LogP contribution in [0.5, 0.6) is 5.75 Å². The van der Waals surface area contributed by atoms with Crippen LogP contribution in [0.25, 0.3) is 0 Å². The van der Waals surface area contributed by atoms with E-state index >= 15 is 0 Å². The van der Waals surface area contributed by atoms with E-state index in [0.29, 0.717) is 6.61 Å². The highest BCUT2D eigenvalue weighted by atomic mass is 79.9. The molecule has 0 radical (unpaired) electrons. The van der Waals surface area contributed by atoms with E-state index in [-0.39, 0.29) is 6.04 Å². The van der Waals surface area contributed by atoms with Gasteiger partial charge in [-0.2, -0.15) is 0 Å².